The summed E-state index contributed by atoms with van der Waals surface area (Å²) in [6, 6.07) is 7.16. The number of carbonyl (C=O) groups is 2. The van der Waals surface area contributed by atoms with Gasteiger partial charge < -0.3 is 10.0 Å². The molecule has 0 heterocycles. The highest BCUT2D eigenvalue weighted by atomic mass is 16.4. The third-order valence-electron chi connectivity index (χ3n) is 4.34. The summed E-state index contributed by atoms with van der Waals surface area (Å²) in [5.74, 6) is -0.737. The first-order chi connectivity index (χ1) is 10.1. The molecule has 1 amide bonds. The Kier molecular flexibility index (Phi) is 5.37. The number of aromatic carboxylic acids is 1. The summed E-state index contributed by atoms with van der Waals surface area (Å²) in [4.78, 5) is 24.9. The Labute approximate surface area is 125 Å². The van der Waals surface area contributed by atoms with E-state index in [0.29, 0.717) is 18.9 Å². The molecular weight excluding hydrogens is 266 g/mol. The summed E-state index contributed by atoms with van der Waals surface area (Å²) >= 11 is 0. The molecule has 21 heavy (non-hydrogen) atoms. The molecule has 0 radical (unpaired) electrons. The molecular formula is C17H23NO3. The molecule has 0 saturated heterocycles. The van der Waals surface area contributed by atoms with Gasteiger partial charge in [-0.1, -0.05) is 31.4 Å². The van der Waals surface area contributed by atoms with E-state index in [1.54, 1.807) is 24.3 Å². The maximum atomic E-state index is 12.2. The molecule has 0 aromatic heterocycles. The molecule has 1 aromatic carbocycles. The Bertz CT molecular complexity index is 489. The number of amides is 1. The van der Waals surface area contributed by atoms with Gasteiger partial charge >= 0.3 is 5.97 Å². The Hall–Kier alpha value is -1.84. The summed E-state index contributed by atoms with van der Waals surface area (Å²) in [7, 11) is 1.91. The van der Waals surface area contributed by atoms with E-state index in [9.17, 15) is 9.59 Å². The maximum absolute atomic E-state index is 12.2. The number of rotatable bonds is 5. The molecule has 1 saturated carbocycles. The van der Waals surface area contributed by atoms with Crippen molar-refractivity contribution in [3.05, 3.63) is 35.4 Å². The van der Waals surface area contributed by atoms with E-state index in [4.69, 9.17) is 5.11 Å². The fraction of sp³-hybridized carbons (Fsp3) is 0.529. The molecule has 0 atom stereocenters. The molecule has 4 heteroatoms. The molecule has 1 fully saturated rings. The fourth-order valence-electron chi connectivity index (χ4n) is 2.91. The molecule has 1 aliphatic rings. The molecule has 0 spiro atoms. The second-order valence-corrected chi connectivity index (χ2v) is 5.80. The first-order valence-corrected chi connectivity index (χ1v) is 7.66. The van der Waals surface area contributed by atoms with E-state index in [1.807, 2.05) is 11.9 Å². The van der Waals surface area contributed by atoms with Gasteiger partial charge in [-0.15, -0.1) is 0 Å². The summed E-state index contributed by atoms with van der Waals surface area (Å²) in [5.41, 5.74) is 1.29. The van der Waals surface area contributed by atoms with Crippen molar-refractivity contribution < 1.29 is 14.7 Å². The van der Waals surface area contributed by atoms with E-state index in [-0.39, 0.29) is 11.5 Å². The number of nitrogens with zero attached hydrogens (tertiary/aromatic N) is 1. The minimum absolute atomic E-state index is 0.184. The third-order valence-corrected chi connectivity index (χ3v) is 4.34. The van der Waals surface area contributed by atoms with Gasteiger partial charge in [-0.25, -0.2) is 4.79 Å². The molecule has 2 rings (SSSR count). The Balaban J connectivity index is 1.83. The summed E-state index contributed by atoms with van der Waals surface area (Å²) < 4.78 is 0. The van der Waals surface area contributed by atoms with Crippen LogP contribution >= 0.6 is 0 Å². The molecule has 0 bridgehead atoms. The van der Waals surface area contributed by atoms with E-state index in [2.05, 4.69) is 0 Å². The van der Waals surface area contributed by atoms with Crippen molar-refractivity contribution in [3.8, 4) is 0 Å². The van der Waals surface area contributed by atoms with Gasteiger partial charge in [-0.05, 0) is 37.0 Å². The minimum atomic E-state index is -0.922. The van der Waals surface area contributed by atoms with Crippen molar-refractivity contribution in [3.63, 3.8) is 0 Å². The fourth-order valence-corrected chi connectivity index (χ4v) is 2.91. The highest BCUT2D eigenvalue weighted by Gasteiger charge is 2.21. The summed E-state index contributed by atoms with van der Waals surface area (Å²) in [6.45, 7) is 0. The Morgan fingerprint density at radius 3 is 2.33 bits per heavy atom. The van der Waals surface area contributed by atoms with Gasteiger partial charge in [0.15, 0.2) is 0 Å². The predicted octanol–water partition coefficient (Wildman–Crippen LogP) is 3.11. The average molecular weight is 289 g/mol. The zero-order valence-corrected chi connectivity index (χ0v) is 12.5. The third kappa shape index (κ3) is 4.31. The standard InChI is InChI=1S/C17H23NO3/c1-18(15-5-3-2-4-6-15)16(19)12-9-13-7-10-14(11-8-13)17(20)21/h7-8,10-11,15H,2-6,9,12H2,1H3,(H,20,21). The molecule has 4 nitrogen and oxygen atoms in total. The molecule has 0 aliphatic heterocycles. The van der Waals surface area contributed by atoms with Gasteiger partial charge in [0.1, 0.15) is 0 Å². The monoisotopic (exact) mass is 289 g/mol. The van der Waals surface area contributed by atoms with Gasteiger partial charge in [-0.3, -0.25) is 4.79 Å². The first kappa shape index (κ1) is 15.5. The van der Waals surface area contributed by atoms with Crippen molar-refractivity contribution in [2.24, 2.45) is 0 Å². The first-order valence-electron chi connectivity index (χ1n) is 7.66. The van der Waals surface area contributed by atoms with Gasteiger partial charge in [0, 0.05) is 19.5 Å². The van der Waals surface area contributed by atoms with Crippen molar-refractivity contribution in [1.29, 1.82) is 0 Å². The second kappa shape index (κ2) is 7.25. The van der Waals surface area contributed by atoms with Crippen molar-refractivity contribution >= 4 is 11.9 Å². The van der Waals surface area contributed by atoms with Crippen LogP contribution < -0.4 is 0 Å². The van der Waals surface area contributed by atoms with Crippen LogP contribution in [0, 0.1) is 0 Å². The maximum Gasteiger partial charge on any atom is 0.335 e. The van der Waals surface area contributed by atoms with Gasteiger partial charge in [0.25, 0.3) is 0 Å². The van der Waals surface area contributed by atoms with Crippen LogP contribution in [0.5, 0.6) is 0 Å². The molecule has 1 aliphatic carbocycles. The lowest BCUT2D eigenvalue weighted by Gasteiger charge is -2.31. The average Bonchev–Trinajstić information content (AvgIpc) is 2.53. The van der Waals surface area contributed by atoms with Gasteiger partial charge in [-0.2, -0.15) is 0 Å². The Morgan fingerprint density at radius 1 is 1.14 bits per heavy atom. The van der Waals surface area contributed by atoms with Crippen molar-refractivity contribution in [2.75, 3.05) is 7.05 Å². The second-order valence-electron chi connectivity index (χ2n) is 5.80. The van der Waals surface area contributed by atoms with Gasteiger partial charge in [0.2, 0.25) is 5.91 Å². The van der Waals surface area contributed by atoms with Crippen LogP contribution in [0.1, 0.15) is 54.4 Å². The zero-order valence-electron chi connectivity index (χ0n) is 12.5. The van der Waals surface area contributed by atoms with Crippen LogP contribution in [0.4, 0.5) is 0 Å². The largest absolute Gasteiger partial charge is 0.478 e. The SMILES string of the molecule is CN(C(=O)CCc1ccc(C(=O)O)cc1)C1CCCCC1. The lowest BCUT2D eigenvalue weighted by Crippen LogP contribution is -2.38. The number of hydrogen-bond acceptors (Lipinski definition) is 2. The number of carbonyl (C=O) groups excluding carboxylic acids is 1. The van der Waals surface area contributed by atoms with Crippen LogP contribution in [0.2, 0.25) is 0 Å². The number of carboxylic acid groups (broad SMARTS) is 1. The lowest BCUT2D eigenvalue weighted by molar-refractivity contribution is -0.132. The zero-order chi connectivity index (χ0) is 15.2. The lowest BCUT2D eigenvalue weighted by atomic mass is 9.94. The Morgan fingerprint density at radius 2 is 1.76 bits per heavy atom. The van der Waals surface area contributed by atoms with Crippen molar-refractivity contribution in [2.45, 2.75) is 51.0 Å². The molecule has 1 aromatic rings. The predicted molar refractivity (Wildman–Crippen MR) is 81.4 cm³/mol. The number of hydrogen-bond donors (Lipinski definition) is 1. The number of carboxylic acids is 1. The van der Waals surface area contributed by atoms with E-state index >= 15 is 0 Å². The molecule has 114 valence electrons. The number of aryl methyl sites for hydroxylation is 1. The van der Waals surface area contributed by atoms with Gasteiger partial charge in [0.05, 0.1) is 5.56 Å². The van der Waals surface area contributed by atoms with Crippen LogP contribution in [0.25, 0.3) is 0 Å². The van der Waals surface area contributed by atoms with Crippen LogP contribution in [0.3, 0.4) is 0 Å². The topological polar surface area (TPSA) is 57.6 Å². The van der Waals surface area contributed by atoms with E-state index in [1.165, 1.54) is 19.3 Å². The summed E-state index contributed by atoms with van der Waals surface area (Å²) in [6.07, 6.45) is 7.12. The molecule has 1 N–H and O–H groups in total. The summed E-state index contributed by atoms with van der Waals surface area (Å²) in [5, 5.41) is 8.85. The van der Waals surface area contributed by atoms with Crippen LogP contribution in [-0.4, -0.2) is 35.0 Å². The van der Waals surface area contributed by atoms with Crippen LogP contribution in [-0.2, 0) is 11.2 Å². The normalized spacial score (nSPS) is 15.7. The molecule has 0 unspecified atom stereocenters. The van der Waals surface area contributed by atoms with E-state index in [0.717, 1.165) is 18.4 Å². The highest BCUT2D eigenvalue weighted by Crippen LogP contribution is 2.22. The minimum Gasteiger partial charge on any atom is -0.478 e. The smallest absolute Gasteiger partial charge is 0.335 e. The number of benzene rings is 1. The quantitative estimate of drug-likeness (QED) is 0.906. The highest BCUT2D eigenvalue weighted by molar-refractivity contribution is 5.87. The van der Waals surface area contributed by atoms with Crippen molar-refractivity contribution in [1.82, 2.24) is 4.90 Å². The van der Waals surface area contributed by atoms with E-state index < -0.39 is 5.97 Å². The van der Waals surface area contributed by atoms with Crippen LogP contribution in [0.15, 0.2) is 24.3 Å².